The van der Waals surface area contributed by atoms with Gasteiger partial charge in [-0.2, -0.15) is 0 Å². The number of benzene rings is 1. The van der Waals surface area contributed by atoms with E-state index in [4.69, 9.17) is 4.74 Å². The lowest BCUT2D eigenvalue weighted by Crippen LogP contribution is -2.45. The highest BCUT2D eigenvalue weighted by molar-refractivity contribution is 5.97. The summed E-state index contributed by atoms with van der Waals surface area (Å²) in [6.45, 7) is 8.47. The zero-order valence-electron chi connectivity index (χ0n) is 19.3. The van der Waals surface area contributed by atoms with Gasteiger partial charge in [-0.25, -0.2) is 4.79 Å². The molecule has 0 bridgehead atoms. The maximum Gasteiger partial charge on any atom is 0.408 e. The lowest BCUT2D eigenvalue weighted by atomic mass is 10.1. The van der Waals surface area contributed by atoms with Crippen LogP contribution >= 0.6 is 0 Å². The summed E-state index contributed by atoms with van der Waals surface area (Å²) >= 11 is 0. The fourth-order valence-electron chi connectivity index (χ4n) is 3.45. The van der Waals surface area contributed by atoms with Gasteiger partial charge in [-0.05, 0) is 59.3 Å². The smallest absolute Gasteiger partial charge is 0.408 e. The van der Waals surface area contributed by atoms with Crippen LogP contribution in [0.5, 0.6) is 0 Å². The summed E-state index contributed by atoms with van der Waals surface area (Å²) in [5.74, 6) is -0.121. The number of amides is 1. The van der Waals surface area contributed by atoms with Crippen molar-refractivity contribution in [3.05, 3.63) is 36.0 Å². The van der Waals surface area contributed by atoms with Gasteiger partial charge in [0.2, 0.25) is 0 Å². The molecule has 1 aromatic heterocycles. The first-order valence-electron chi connectivity index (χ1n) is 10.9. The van der Waals surface area contributed by atoms with E-state index in [0.29, 0.717) is 6.42 Å². The molecule has 166 valence electrons. The highest BCUT2D eigenvalue weighted by Gasteiger charge is 2.26. The Morgan fingerprint density at radius 1 is 1.17 bits per heavy atom. The molecule has 0 fully saturated rings. The number of rotatable bonds is 9. The van der Waals surface area contributed by atoms with Crippen molar-refractivity contribution in [3.8, 4) is 0 Å². The Balaban J connectivity index is 2.31. The van der Waals surface area contributed by atoms with E-state index in [9.17, 15) is 9.59 Å². The Bertz CT molecular complexity index is 849. The number of carbonyl (C=O) groups is 2. The van der Waals surface area contributed by atoms with Gasteiger partial charge in [0.1, 0.15) is 11.6 Å². The highest BCUT2D eigenvalue weighted by Crippen LogP contribution is 2.23. The second-order valence-corrected chi connectivity index (χ2v) is 9.13. The van der Waals surface area contributed by atoms with Crippen LogP contribution in [0.4, 0.5) is 4.79 Å². The van der Waals surface area contributed by atoms with Crippen LogP contribution in [0.25, 0.3) is 10.9 Å². The van der Waals surface area contributed by atoms with Crippen LogP contribution in [0.2, 0.25) is 0 Å². The lowest BCUT2D eigenvalue weighted by Gasteiger charge is -2.23. The molecular weight excluding hydrogens is 378 g/mol. The number of fused-ring (bicyclic) bond motifs is 1. The number of ether oxygens (including phenoxy) is 1. The fraction of sp³-hybridized carbons (Fsp3) is 0.583. The Morgan fingerprint density at radius 3 is 2.50 bits per heavy atom. The molecule has 6 heteroatoms. The van der Waals surface area contributed by atoms with E-state index in [1.165, 1.54) is 0 Å². The number of aromatic nitrogens is 1. The van der Waals surface area contributed by atoms with Gasteiger partial charge >= 0.3 is 6.09 Å². The van der Waals surface area contributed by atoms with E-state index in [2.05, 4.69) is 23.2 Å². The average Bonchev–Trinajstić information content (AvgIpc) is 3.02. The van der Waals surface area contributed by atoms with E-state index >= 15 is 0 Å². The lowest BCUT2D eigenvalue weighted by molar-refractivity contribution is 0.0479. The van der Waals surface area contributed by atoms with Crippen LogP contribution in [-0.2, 0) is 11.2 Å². The summed E-state index contributed by atoms with van der Waals surface area (Å²) < 4.78 is 7.10. The minimum absolute atomic E-state index is 0.121. The second-order valence-electron chi connectivity index (χ2n) is 9.13. The van der Waals surface area contributed by atoms with Crippen LogP contribution in [0.3, 0.4) is 0 Å². The first-order chi connectivity index (χ1) is 14.1. The third kappa shape index (κ3) is 6.87. The van der Waals surface area contributed by atoms with Gasteiger partial charge in [-0.15, -0.1) is 0 Å². The van der Waals surface area contributed by atoms with Crippen LogP contribution in [0.15, 0.2) is 30.5 Å². The van der Waals surface area contributed by atoms with Crippen molar-refractivity contribution in [1.82, 2.24) is 14.8 Å². The first kappa shape index (κ1) is 23.9. The topological polar surface area (TPSA) is 63.6 Å². The quantitative estimate of drug-likeness (QED) is 0.594. The fourth-order valence-corrected chi connectivity index (χ4v) is 3.45. The number of hydrogen-bond acceptors (Lipinski definition) is 4. The molecule has 1 aromatic carbocycles. The number of nitrogens with zero attached hydrogens (tertiary/aromatic N) is 2. The van der Waals surface area contributed by atoms with Crippen molar-refractivity contribution >= 4 is 22.9 Å². The molecule has 1 heterocycles. The summed E-state index contributed by atoms with van der Waals surface area (Å²) in [6, 6.07) is 7.33. The number of carbonyl (C=O) groups excluding carboxylic acids is 2. The molecule has 2 aromatic rings. The Labute approximate surface area is 180 Å². The molecule has 1 amide bonds. The molecule has 0 aliphatic carbocycles. The Morgan fingerprint density at radius 2 is 1.87 bits per heavy atom. The zero-order chi connectivity index (χ0) is 22.3. The molecule has 30 heavy (non-hydrogen) atoms. The third-order valence-electron chi connectivity index (χ3n) is 4.95. The van der Waals surface area contributed by atoms with E-state index in [1.54, 1.807) is 4.57 Å². The molecule has 0 spiro atoms. The first-order valence-corrected chi connectivity index (χ1v) is 10.9. The molecule has 0 saturated carbocycles. The number of likely N-dealkylation sites (N-methyl/N-ethyl adjacent to an activating group) is 1. The molecule has 0 aliphatic heterocycles. The molecule has 2 rings (SSSR count). The maximum absolute atomic E-state index is 13.5. The number of unbranched alkanes of at least 4 members (excludes halogenated alkanes) is 2. The highest BCUT2D eigenvalue weighted by atomic mass is 16.6. The van der Waals surface area contributed by atoms with E-state index < -0.39 is 17.7 Å². The van der Waals surface area contributed by atoms with Gasteiger partial charge in [-0.1, -0.05) is 44.4 Å². The minimum atomic E-state index is -0.621. The van der Waals surface area contributed by atoms with Crippen LogP contribution < -0.4 is 5.32 Å². The van der Waals surface area contributed by atoms with Crippen LogP contribution in [0.1, 0.15) is 63.7 Å². The van der Waals surface area contributed by atoms with Crippen molar-refractivity contribution in [2.75, 3.05) is 20.6 Å². The standard InChI is InChI=1S/C24H37N3O3/c1-7-8-9-13-20(25-23(29)30-24(2,3)4)22(28)27-17-18(15-16-26(5)6)19-12-10-11-14-21(19)27/h10-12,14,17,20H,7-9,13,15-16H2,1-6H3,(H,25,29). The molecule has 1 N–H and O–H groups in total. The normalized spacial score (nSPS) is 12.9. The van der Waals surface area contributed by atoms with Crippen LogP contribution in [0, 0.1) is 0 Å². The predicted molar refractivity (Wildman–Crippen MR) is 122 cm³/mol. The summed E-state index contributed by atoms with van der Waals surface area (Å²) in [4.78, 5) is 28.0. The minimum Gasteiger partial charge on any atom is -0.444 e. The largest absolute Gasteiger partial charge is 0.444 e. The SMILES string of the molecule is CCCCCC(NC(=O)OC(C)(C)C)C(=O)n1cc(CCN(C)C)c2ccccc21. The van der Waals surface area contributed by atoms with Gasteiger partial charge < -0.3 is 15.0 Å². The number of hydrogen-bond donors (Lipinski definition) is 1. The van der Waals surface area contributed by atoms with Crippen LogP contribution in [-0.4, -0.2) is 53.8 Å². The van der Waals surface area contributed by atoms with Gasteiger partial charge in [0.05, 0.1) is 5.52 Å². The molecular formula is C24H37N3O3. The second kappa shape index (κ2) is 10.6. The van der Waals surface area contributed by atoms with Crippen molar-refractivity contribution in [2.45, 2.75) is 71.4 Å². The number of alkyl carbamates (subject to hydrolysis) is 1. The molecule has 6 nitrogen and oxygen atoms in total. The monoisotopic (exact) mass is 415 g/mol. The third-order valence-corrected chi connectivity index (χ3v) is 4.95. The zero-order valence-corrected chi connectivity index (χ0v) is 19.3. The predicted octanol–water partition coefficient (Wildman–Crippen LogP) is 4.86. The van der Waals surface area contributed by atoms with Crippen molar-refractivity contribution in [3.63, 3.8) is 0 Å². The van der Waals surface area contributed by atoms with Crippen molar-refractivity contribution in [2.24, 2.45) is 0 Å². The van der Waals surface area contributed by atoms with E-state index in [1.807, 2.05) is 59.3 Å². The van der Waals surface area contributed by atoms with Crippen molar-refractivity contribution in [1.29, 1.82) is 0 Å². The molecule has 0 saturated heterocycles. The van der Waals surface area contributed by atoms with Crippen molar-refractivity contribution < 1.29 is 14.3 Å². The summed E-state index contributed by atoms with van der Waals surface area (Å²) in [6.07, 6.45) is 5.75. The summed E-state index contributed by atoms with van der Waals surface area (Å²) in [7, 11) is 4.08. The van der Waals surface area contributed by atoms with E-state index in [-0.39, 0.29) is 5.91 Å². The molecule has 0 radical (unpaired) electrons. The molecule has 0 aliphatic rings. The van der Waals surface area contributed by atoms with E-state index in [0.717, 1.165) is 48.7 Å². The molecule has 1 atom stereocenters. The van der Waals surface area contributed by atoms with Gasteiger partial charge in [-0.3, -0.25) is 9.36 Å². The Kier molecular flexibility index (Phi) is 8.47. The number of nitrogens with one attached hydrogen (secondary N) is 1. The van der Waals surface area contributed by atoms with Gasteiger partial charge in [0, 0.05) is 18.1 Å². The molecule has 1 unspecified atom stereocenters. The summed E-state index contributed by atoms with van der Waals surface area (Å²) in [5.41, 5.74) is 1.40. The average molecular weight is 416 g/mol. The van der Waals surface area contributed by atoms with Gasteiger partial charge in [0.15, 0.2) is 0 Å². The van der Waals surface area contributed by atoms with Gasteiger partial charge in [0.25, 0.3) is 5.91 Å². The summed E-state index contributed by atoms with van der Waals surface area (Å²) in [5, 5.41) is 3.90. The number of para-hydroxylation sites is 1. The maximum atomic E-state index is 13.5. The Hall–Kier alpha value is -2.34.